The summed E-state index contributed by atoms with van der Waals surface area (Å²) in [5, 5.41) is 0. The van der Waals surface area contributed by atoms with Crippen LogP contribution in [-0.2, 0) is 17.9 Å². The molecule has 126 valence electrons. The standard InChI is InChI=1S/C20H24N2O2/c1-15-8-6-11-19(16(15)2)24-14-20-21-17-9-4-5-10-18(17)22(20)12-7-13-23-3/h4-6,8-11H,7,12-14H2,1-3H3. The van der Waals surface area contributed by atoms with E-state index in [4.69, 9.17) is 14.5 Å². The highest BCUT2D eigenvalue weighted by Gasteiger charge is 2.11. The molecule has 2 aromatic carbocycles. The molecule has 0 atom stereocenters. The van der Waals surface area contributed by atoms with E-state index in [1.165, 1.54) is 11.1 Å². The van der Waals surface area contributed by atoms with Gasteiger partial charge in [-0.2, -0.15) is 0 Å². The highest BCUT2D eigenvalue weighted by molar-refractivity contribution is 5.75. The lowest BCUT2D eigenvalue weighted by molar-refractivity contribution is 0.189. The van der Waals surface area contributed by atoms with Gasteiger partial charge in [0.05, 0.1) is 11.0 Å². The Morgan fingerprint density at radius 2 is 1.88 bits per heavy atom. The fraction of sp³-hybridized carbons (Fsp3) is 0.350. The first-order valence-corrected chi connectivity index (χ1v) is 8.33. The molecule has 4 heteroatoms. The number of nitrogens with zero attached hydrogens (tertiary/aromatic N) is 2. The molecule has 3 aromatic rings. The predicted octanol–water partition coefficient (Wildman–Crippen LogP) is 4.27. The second-order valence-electron chi connectivity index (χ2n) is 6.00. The number of para-hydroxylation sites is 2. The van der Waals surface area contributed by atoms with E-state index >= 15 is 0 Å². The number of imidazole rings is 1. The quantitative estimate of drug-likeness (QED) is 0.609. The van der Waals surface area contributed by atoms with Crippen LogP contribution in [0.25, 0.3) is 11.0 Å². The SMILES string of the molecule is COCCCn1c(COc2cccc(C)c2C)nc2ccccc21. The lowest BCUT2D eigenvalue weighted by Crippen LogP contribution is -2.09. The van der Waals surface area contributed by atoms with Crippen LogP contribution in [0.5, 0.6) is 5.75 Å². The Bertz CT molecular complexity index is 824. The molecule has 3 rings (SSSR count). The number of aryl methyl sites for hydroxylation is 2. The molecule has 0 N–H and O–H groups in total. The summed E-state index contributed by atoms with van der Waals surface area (Å²) in [5.74, 6) is 1.87. The fourth-order valence-corrected chi connectivity index (χ4v) is 2.87. The molecular formula is C20H24N2O2. The van der Waals surface area contributed by atoms with Crippen molar-refractivity contribution in [1.29, 1.82) is 0 Å². The maximum absolute atomic E-state index is 6.07. The Kier molecular flexibility index (Phi) is 5.16. The zero-order valence-corrected chi connectivity index (χ0v) is 14.6. The van der Waals surface area contributed by atoms with Crippen molar-refractivity contribution in [3.05, 3.63) is 59.4 Å². The van der Waals surface area contributed by atoms with Gasteiger partial charge in [-0.3, -0.25) is 0 Å². The van der Waals surface area contributed by atoms with Crippen LogP contribution < -0.4 is 4.74 Å². The zero-order chi connectivity index (χ0) is 16.9. The minimum absolute atomic E-state index is 0.464. The molecular weight excluding hydrogens is 300 g/mol. The van der Waals surface area contributed by atoms with Crippen molar-refractivity contribution < 1.29 is 9.47 Å². The molecule has 0 unspecified atom stereocenters. The van der Waals surface area contributed by atoms with Gasteiger partial charge >= 0.3 is 0 Å². The molecule has 0 aliphatic heterocycles. The number of benzene rings is 2. The van der Waals surface area contributed by atoms with E-state index in [9.17, 15) is 0 Å². The van der Waals surface area contributed by atoms with Crippen molar-refractivity contribution in [2.75, 3.05) is 13.7 Å². The monoisotopic (exact) mass is 324 g/mol. The fourth-order valence-electron chi connectivity index (χ4n) is 2.87. The average Bonchev–Trinajstić information content (AvgIpc) is 2.94. The highest BCUT2D eigenvalue weighted by Crippen LogP contribution is 2.23. The molecule has 0 fully saturated rings. The first-order valence-electron chi connectivity index (χ1n) is 8.33. The van der Waals surface area contributed by atoms with Crippen LogP contribution in [0, 0.1) is 13.8 Å². The molecule has 1 aromatic heterocycles. The average molecular weight is 324 g/mol. The van der Waals surface area contributed by atoms with E-state index in [2.05, 4.69) is 30.5 Å². The van der Waals surface area contributed by atoms with Gasteiger partial charge in [-0.15, -0.1) is 0 Å². The second kappa shape index (κ2) is 7.49. The van der Waals surface area contributed by atoms with Gasteiger partial charge in [0.1, 0.15) is 18.2 Å². The molecule has 0 radical (unpaired) electrons. The van der Waals surface area contributed by atoms with Crippen LogP contribution in [0.15, 0.2) is 42.5 Å². The van der Waals surface area contributed by atoms with Crippen molar-refractivity contribution in [1.82, 2.24) is 9.55 Å². The Balaban J connectivity index is 1.85. The summed E-state index contributed by atoms with van der Waals surface area (Å²) in [6.45, 7) is 6.27. The number of methoxy groups -OCH3 is 1. The maximum atomic E-state index is 6.07. The van der Waals surface area contributed by atoms with Gasteiger partial charge in [0.25, 0.3) is 0 Å². The minimum atomic E-state index is 0.464. The van der Waals surface area contributed by atoms with Gasteiger partial charge in [0.2, 0.25) is 0 Å². The van der Waals surface area contributed by atoms with E-state index in [1.807, 2.05) is 30.3 Å². The van der Waals surface area contributed by atoms with Gasteiger partial charge in [-0.05, 0) is 49.6 Å². The summed E-state index contributed by atoms with van der Waals surface area (Å²) < 4.78 is 13.5. The number of fused-ring (bicyclic) bond motifs is 1. The Hall–Kier alpha value is -2.33. The number of ether oxygens (including phenoxy) is 2. The van der Waals surface area contributed by atoms with Crippen LogP contribution in [-0.4, -0.2) is 23.3 Å². The molecule has 0 bridgehead atoms. The number of rotatable bonds is 7. The second-order valence-corrected chi connectivity index (χ2v) is 6.00. The van der Waals surface area contributed by atoms with Gasteiger partial charge in [0, 0.05) is 20.3 Å². The maximum Gasteiger partial charge on any atom is 0.147 e. The summed E-state index contributed by atoms with van der Waals surface area (Å²) in [6, 6.07) is 14.4. The Morgan fingerprint density at radius 3 is 2.71 bits per heavy atom. The van der Waals surface area contributed by atoms with Gasteiger partial charge in [-0.25, -0.2) is 4.98 Å². The molecule has 0 spiro atoms. The van der Waals surface area contributed by atoms with Crippen LogP contribution >= 0.6 is 0 Å². The number of hydrogen-bond acceptors (Lipinski definition) is 3. The van der Waals surface area contributed by atoms with Crippen LogP contribution in [0.4, 0.5) is 0 Å². The summed E-state index contributed by atoms with van der Waals surface area (Å²) >= 11 is 0. The van der Waals surface area contributed by atoms with Crippen molar-refractivity contribution in [3.8, 4) is 5.75 Å². The van der Waals surface area contributed by atoms with Crippen molar-refractivity contribution in [3.63, 3.8) is 0 Å². The van der Waals surface area contributed by atoms with E-state index in [0.717, 1.165) is 42.2 Å². The summed E-state index contributed by atoms with van der Waals surface area (Å²) in [4.78, 5) is 4.76. The van der Waals surface area contributed by atoms with Gasteiger partial charge in [-0.1, -0.05) is 24.3 Å². The van der Waals surface area contributed by atoms with Crippen LogP contribution in [0.1, 0.15) is 23.4 Å². The summed E-state index contributed by atoms with van der Waals surface area (Å²) in [7, 11) is 1.73. The van der Waals surface area contributed by atoms with E-state index in [-0.39, 0.29) is 0 Å². The van der Waals surface area contributed by atoms with Crippen molar-refractivity contribution >= 4 is 11.0 Å². The Morgan fingerprint density at radius 1 is 1.04 bits per heavy atom. The highest BCUT2D eigenvalue weighted by atomic mass is 16.5. The number of aromatic nitrogens is 2. The van der Waals surface area contributed by atoms with E-state index < -0.39 is 0 Å². The largest absolute Gasteiger partial charge is 0.485 e. The topological polar surface area (TPSA) is 36.3 Å². The van der Waals surface area contributed by atoms with Crippen molar-refractivity contribution in [2.24, 2.45) is 0 Å². The summed E-state index contributed by atoms with van der Waals surface area (Å²) in [6.07, 6.45) is 0.952. The van der Waals surface area contributed by atoms with Crippen LogP contribution in [0.3, 0.4) is 0 Å². The first-order chi connectivity index (χ1) is 11.7. The third-order valence-corrected chi connectivity index (χ3v) is 4.38. The molecule has 4 nitrogen and oxygen atoms in total. The molecule has 0 saturated heterocycles. The first kappa shape index (κ1) is 16.5. The third-order valence-electron chi connectivity index (χ3n) is 4.38. The van der Waals surface area contributed by atoms with Gasteiger partial charge in [0.15, 0.2) is 0 Å². The molecule has 0 amide bonds. The van der Waals surface area contributed by atoms with Gasteiger partial charge < -0.3 is 14.0 Å². The normalized spacial score (nSPS) is 11.1. The molecule has 0 aliphatic rings. The van der Waals surface area contributed by atoms with E-state index in [0.29, 0.717) is 6.61 Å². The third kappa shape index (κ3) is 3.44. The molecule has 1 heterocycles. The molecule has 0 aliphatic carbocycles. The zero-order valence-electron chi connectivity index (χ0n) is 14.6. The Labute approximate surface area is 143 Å². The predicted molar refractivity (Wildman–Crippen MR) is 96.5 cm³/mol. The smallest absolute Gasteiger partial charge is 0.147 e. The lowest BCUT2D eigenvalue weighted by Gasteiger charge is -2.12. The number of hydrogen-bond donors (Lipinski definition) is 0. The van der Waals surface area contributed by atoms with Crippen molar-refractivity contribution in [2.45, 2.75) is 33.4 Å². The molecule has 0 saturated carbocycles. The summed E-state index contributed by atoms with van der Waals surface area (Å²) in [5.41, 5.74) is 4.57. The molecule has 24 heavy (non-hydrogen) atoms. The minimum Gasteiger partial charge on any atom is -0.485 e. The van der Waals surface area contributed by atoms with E-state index in [1.54, 1.807) is 7.11 Å². The lowest BCUT2D eigenvalue weighted by atomic mass is 10.1. The van der Waals surface area contributed by atoms with Crippen LogP contribution in [0.2, 0.25) is 0 Å².